The van der Waals surface area contributed by atoms with Gasteiger partial charge in [0.25, 0.3) is 0 Å². The van der Waals surface area contributed by atoms with Gasteiger partial charge in [-0.1, -0.05) is 12.2 Å². The fraction of sp³-hybridized carbons (Fsp3) is 0.364. The molecule has 0 unspecified atom stereocenters. The van der Waals surface area contributed by atoms with Gasteiger partial charge in [-0.3, -0.25) is 0 Å². The van der Waals surface area contributed by atoms with Crippen LogP contribution in [0, 0.1) is 0 Å². The van der Waals surface area contributed by atoms with E-state index in [0.717, 1.165) is 0 Å². The van der Waals surface area contributed by atoms with E-state index in [2.05, 4.69) is 15.9 Å². The van der Waals surface area contributed by atoms with Crippen LogP contribution in [0.1, 0.15) is 12.5 Å². The molecule has 0 atom stereocenters. The second-order valence-electron chi connectivity index (χ2n) is 3.66. The van der Waals surface area contributed by atoms with Gasteiger partial charge >= 0.3 is 6.18 Å². The summed E-state index contributed by atoms with van der Waals surface area (Å²) in [6.45, 7) is 0.946. The number of nitrogens with two attached hydrogens (primary N) is 1. The van der Waals surface area contributed by atoms with E-state index >= 15 is 0 Å². The molecule has 1 aromatic rings. The highest BCUT2D eigenvalue weighted by Crippen LogP contribution is 2.26. The van der Waals surface area contributed by atoms with Crippen LogP contribution in [-0.2, 0) is 0 Å². The van der Waals surface area contributed by atoms with Gasteiger partial charge in [-0.15, -0.1) is 0 Å². The molecule has 0 bridgehead atoms. The first-order valence-electron chi connectivity index (χ1n) is 5.15. The number of benzene rings is 1. The van der Waals surface area contributed by atoms with Crippen LogP contribution in [0.2, 0.25) is 0 Å². The predicted octanol–water partition coefficient (Wildman–Crippen LogP) is 3.47. The van der Waals surface area contributed by atoms with Crippen molar-refractivity contribution >= 4 is 38.8 Å². The third kappa shape index (κ3) is 4.13. The summed E-state index contributed by atoms with van der Waals surface area (Å²) in [5.41, 5.74) is 6.56. The summed E-state index contributed by atoms with van der Waals surface area (Å²) < 4.78 is 37.8. The lowest BCUT2D eigenvalue weighted by Crippen LogP contribution is -2.34. The molecule has 0 aliphatic heterocycles. The van der Waals surface area contributed by atoms with E-state index in [9.17, 15) is 13.2 Å². The van der Waals surface area contributed by atoms with Gasteiger partial charge in [-0.25, -0.2) is 0 Å². The van der Waals surface area contributed by atoms with Crippen molar-refractivity contribution < 1.29 is 13.2 Å². The van der Waals surface area contributed by atoms with E-state index in [1.165, 1.54) is 4.90 Å². The molecule has 0 aliphatic carbocycles. The molecule has 100 valence electrons. The van der Waals surface area contributed by atoms with Crippen LogP contribution in [0.3, 0.4) is 0 Å². The van der Waals surface area contributed by atoms with Crippen LogP contribution >= 0.6 is 28.1 Å². The highest BCUT2D eigenvalue weighted by atomic mass is 79.9. The lowest BCUT2D eigenvalue weighted by molar-refractivity contribution is -0.119. The molecule has 2 N–H and O–H groups in total. The minimum atomic E-state index is -4.23. The molecule has 0 radical (unpaired) electrons. The summed E-state index contributed by atoms with van der Waals surface area (Å²) in [5, 5.41) is 0. The lowest BCUT2D eigenvalue weighted by Gasteiger charge is -2.25. The fourth-order valence-electron chi connectivity index (χ4n) is 1.50. The minimum Gasteiger partial charge on any atom is -0.389 e. The average Bonchev–Trinajstić information content (AvgIpc) is 2.24. The Balaban J connectivity index is 3.01. The van der Waals surface area contributed by atoms with E-state index in [-0.39, 0.29) is 11.5 Å². The predicted molar refractivity (Wildman–Crippen MR) is 74.0 cm³/mol. The number of hydrogen-bond acceptors (Lipinski definition) is 2. The molecular formula is C11H12BrF3N2S. The smallest absolute Gasteiger partial charge is 0.389 e. The summed E-state index contributed by atoms with van der Waals surface area (Å²) in [4.78, 5) is 1.43. The van der Waals surface area contributed by atoms with Crippen LogP contribution in [0.4, 0.5) is 18.9 Å². The van der Waals surface area contributed by atoms with Crippen molar-refractivity contribution in [2.75, 3.05) is 18.0 Å². The molecule has 0 saturated carbocycles. The normalized spacial score (nSPS) is 11.4. The number of anilines is 1. The second kappa shape index (κ2) is 5.88. The van der Waals surface area contributed by atoms with Gasteiger partial charge in [-0.2, -0.15) is 13.2 Å². The van der Waals surface area contributed by atoms with Crippen molar-refractivity contribution in [1.29, 1.82) is 0 Å². The van der Waals surface area contributed by atoms with Crippen molar-refractivity contribution in [3.05, 3.63) is 28.2 Å². The van der Waals surface area contributed by atoms with Crippen LogP contribution < -0.4 is 10.6 Å². The average molecular weight is 341 g/mol. The monoisotopic (exact) mass is 340 g/mol. The number of alkyl halides is 3. The van der Waals surface area contributed by atoms with Crippen LogP contribution in [0.25, 0.3) is 0 Å². The molecule has 0 amide bonds. The van der Waals surface area contributed by atoms with Crippen molar-refractivity contribution in [3.8, 4) is 0 Å². The van der Waals surface area contributed by atoms with E-state index in [4.69, 9.17) is 18.0 Å². The fourth-order valence-corrected chi connectivity index (χ4v) is 2.39. The summed E-state index contributed by atoms with van der Waals surface area (Å²) in [6, 6.07) is 4.78. The molecule has 0 heterocycles. The van der Waals surface area contributed by atoms with Gasteiger partial charge in [0.2, 0.25) is 0 Å². The molecule has 1 aromatic carbocycles. The molecule has 0 saturated heterocycles. The van der Waals surface area contributed by atoms with E-state index in [0.29, 0.717) is 15.7 Å². The maximum atomic E-state index is 12.4. The van der Waals surface area contributed by atoms with Crippen LogP contribution in [0.15, 0.2) is 22.7 Å². The molecule has 0 aliphatic rings. The van der Waals surface area contributed by atoms with E-state index in [1.54, 1.807) is 25.1 Å². The van der Waals surface area contributed by atoms with Gasteiger partial charge < -0.3 is 10.6 Å². The summed E-state index contributed by atoms with van der Waals surface area (Å²) in [6.07, 6.45) is -4.23. The van der Waals surface area contributed by atoms with Gasteiger partial charge in [-0.05, 0) is 41.1 Å². The van der Waals surface area contributed by atoms with Crippen LogP contribution in [-0.4, -0.2) is 24.3 Å². The summed E-state index contributed by atoms with van der Waals surface area (Å²) in [7, 11) is 0. The minimum absolute atomic E-state index is 0.201. The van der Waals surface area contributed by atoms with Crippen LogP contribution in [0.5, 0.6) is 0 Å². The molecule has 0 aromatic heterocycles. The van der Waals surface area contributed by atoms with Gasteiger partial charge in [0.1, 0.15) is 11.5 Å². The maximum Gasteiger partial charge on any atom is 0.405 e. The first kappa shape index (κ1) is 15.2. The first-order valence-corrected chi connectivity index (χ1v) is 6.35. The lowest BCUT2D eigenvalue weighted by atomic mass is 10.2. The summed E-state index contributed by atoms with van der Waals surface area (Å²) in [5.74, 6) is 0. The van der Waals surface area contributed by atoms with E-state index < -0.39 is 12.7 Å². The topological polar surface area (TPSA) is 29.3 Å². The number of halogens is 4. The second-order valence-corrected chi connectivity index (χ2v) is 4.95. The Labute approximate surface area is 117 Å². The molecule has 0 fully saturated rings. The molecule has 1 rings (SSSR count). The Morgan fingerprint density at radius 2 is 2.06 bits per heavy atom. The quantitative estimate of drug-likeness (QED) is 0.851. The Bertz CT molecular complexity index is 448. The number of rotatable bonds is 4. The molecule has 2 nitrogen and oxygen atoms in total. The first-order chi connectivity index (χ1) is 8.24. The third-order valence-corrected chi connectivity index (χ3v) is 3.21. The number of hydrogen-bond donors (Lipinski definition) is 1. The number of thiocarbonyl (C=S) groups is 1. The van der Waals surface area contributed by atoms with Gasteiger partial charge in [0, 0.05) is 22.3 Å². The Morgan fingerprint density at radius 1 is 1.44 bits per heavy atom. The standard InChI is InChI=1S/C11H12BrF3N2S/c1-2-17(6-11(13,14)15)7-3-4-8(10(16)18)9(12)5-7/h3-5H,2,6H2,1H3,(H2,16,18). The van der Waals surface area contributed by atoms with Crippen molar-refractivity contribution in [3.63, 3.8) is 0 Å². The number of nitrogens with zero attached hydrogens (tertiary/aromatic N) is 1. The largest absolute Gasteiger partial charge is 0.405 e. The Hall–Kier alpha value is -0.820. The van der Waals surface area contributed by atoms with Crippen molar-refractivity contribution in [1.82, 2.24) is 0 Å². The zero-order chi connectivity index (χ0) is 13.9. The Kier molecular flexibility index (Phi) is 4.98. The zero-order valence-electron chi connectivity index (χ0n) is 9.59. The molecule has 7 heteroatoms. The summed E-state index contributed by atoms with van der Waals surface area (Å²) >= 11 is 8.08. The highest BCUT2D eigenvalue weighted by molar-refractivity contribution is 9.10. The Morgan fingerprint density at radius 3 is 2.44 bits per heavy atom. The zero-order valence-corrected chi connectivity index (χ0v) is 12.0. The highest BCUT2D eigenvalue weighted by Gasteiger charge is 2.30. The van der Waals surface area contributed by atoms with E-state index in [1.807, 2.05) is 0 Å². The third-order valence-electron chi connectivity index (χ3n) is 2.34. The van der Waals surface area contributed by atoms with Crippen molar-refractivity contribution in [2.45, 2.75) is 13.1 Å². The molecular weight excluding hydrogens is 329 g/mol. The maximum absolute atomic E-state index is 12.4. The SMILES string of the molecule is CCN(CC(F)(F)F)c1ccc(C(N)=S)c(Br)c1. The van der Waals surface area contributed by atoms with Gasteiger partial charge in [0.15, 0.2) is 0 Å². The molecule has 0 spiro atoms. The van der Waals surface area contributed by atoms with Gasteiger partial charge in [0.05, 0.1) is 0 Å². The molecule has 18 heavy (non-hydrogen) atoms. The van der Waals surface area contributed by atoms with Crippen molar-refractivity contribution in [2.24, 2.45) is 5.73 Å².